The molecule has 2 heteroatoms. The first kappa shape index (κ1) is 10.3. The minimum absolute atomic E-state index is 0.869. The fourth-order valence-corrected chi connectivity index (χ4v) is 1.63. The van der Waals surface area contributed by atoms with Gasteiger partial charge in [-0.1, -0.05) is 13.8 Å². The second kappa shape index (κ2) is 7.42. The summed E-state index contributed by atoms with van der Waals surface area (Å²) in [4.78, 5) is 0. The summed E-state index contributed by atoms with van der Waals surface area (Å²) < 4.78 is 0. The van der Waals surface area contributed by atoms with E-state index in [9.17, 15) is 0 Å². The zero-order valence-electron chi connectivity index (χ0n) is 7.31. The maximum atomic E-state index is 3.33. The number of rotatable bonds is 6. The number of hydrogen-bond donors (Lipinski definition) is 1. The molecular formula is C8H19NS. The van der Waals surface area contributed by atoms with Crippen LogP contribution in [-0.4, -0.2) is 25.1 Å². The van der Waals surface area contributed by atoms with E-state index in [1.165, 1.54) is 18.7 Å². The molecule has 62 valence electrons. The normalized spacial score (nSPS) is 13.5. The largest absolute Gasteiger partial charge is 0.317 e. The van der Waals surface area contributed by atoms with Gasteiger partial charge in [-0.05, 0) is 37.4 Å². The van der Waals surface area contributed by atoms with E-state index < -0.39 is 0 Å². The lowest BCUT2D eigenvalue weighted by Crippen LogP contribution is -2.17. The van der Waals surface area contributed by atoms with Gasteiger partial charge in [0.05, 0.1) is 0 Å². The zero-order valence-corrected chi connectivity index (χ0v) is 8.13. The van der Waals surface area contributed by atoms with E-state index in [0.717, 1.165) is 12.5 Å². The third kappa shape index (κ3) is 6.43. The fraction of sp³-hybridized carbons (Fsp3) is 1.00. The summed E-state index contributed by atoms with van der Waals surface area (Å²) in [7, 11) is 0. The van der Waals surface area contributed by atoms with E-state index >= 15 is 0 Å². The maximum absolute atomic E-state index is 3.33. The molecule has 10 heavy (non-hydrogen) atoms. The highest BCUT2D eigenvalue weighted by Gasteiger charge is 1.98. The topological polar surface area (TPSA) is 12.0 Å². The van der Waals surface area contributed by atoms with Gasteiger partial charge in [-0.25, -0.2) is 0 Å². The number of nitrogens with one attached hydrogen (secondary N) is 1. The molecular weight excluding hydrogens is 142 g/mol. The Morgan fingerprint density at radius 1 is 1.50 bits per heavy atom. The number of hydrogen-bond acceptors (Lipinski definition) is 2. The van der Waals surface area contributed by atoms with Gasteiger partial charge in [-0.3, -0.25) is 0 Å². The van der Waals surface area contributed by atoms with Crippen molar-refractivity contribution < 1.29 is 0 Å². The smallest absolute Gasteiger partial charge is 0.00441 e. The molecule has 0 aromatic rings. The first-order valence-corrected chi connectivity index (χ1v) is 5.40. The molecule has 0 saturated heterocycles. The summed E-state index contributed by atoms with van der Waals surface area (Å²) >= 11 is 1.94. The lowest BCUT2D eigenvalue weighted by molar-refractivity contribution is 0.553. The van der Waals surface area contributed by atoms with Crippen molar-refractivity contribution in [2.24, 2.45) is 5.92 Å². The predicted octanol–water partition coefficient (Wildman–Crippen LogP) is 1.99. The van der Waals surface area contributed by atoms with Gasteiger partial charge < -0.3 is 5.32 Å². The Labute approximate surface area is 69.0 Å². The Kier molecular flexibility index (Phi) is 7.65. The maximum Gasteiger partial charge on any atom is -0.00441 e. The highest BCUT2D eigenvalue weighted by Crippen LogP contribution is 2.07. The lowest BCUT2D eigenvalue weighted by atomic mass is 10.1. The monoisotopic (exact) mass is 161 g/mol. The van der Waals surface area contributed by atoms with Crippen LogP contribution in [0.25, 0.3) is 0 Å². The molecule has 0 spiro atoms. The standard InChI is InChI=1S/C8H19NS/c1-4-9-6-5-8(2)7-10-3/h8-9H,4-7H2,1-3H3. The molecule has 0 saturated carbocycles. The van der Waals surface area contributed by atoms with Crippen LogP contribution in [0.4, 0.5) is 0 Å². The van der Waals surface area contributed by atoms with Gasteiger partial charge >= 0.3 is 0 Å². The van der Waals surface area contributed by atoms with E-state index in [1.54, 1.807) is 0 Å². The molecule has 0 bridgehead atoms. The second-order valence-corrected chi connectivity index (χ2v) is 3.61. The van der Waals surface area contributed by atoms with Gasteiger partial charge in [-0.15, -0.1) is 0 Å². The first-order valence-electron chi connectivity index (χ1n) is 4.00. The van der Waals surface area contributed by atoms with Gasteiger partial charge in [-0.2, -0.15) is 11.8 Å². The van der Waals surface area contributed by atoms with Crippen LogP contribution in [0.1, 0.15) is 20.3 Å². The van der Waals surface area contributed by atoms with Crippen molar-refractivity contribution in [1.29, 1.82) is 0 Å². The highest BCUT2D eigenvalue weighted by atomic mass is 32.2. The minimum atomic E-state index is 0.869. The van der Waals surface area contributed by atoms with Crippen LogP contribution in [0, 0.1) is 5.92 Å². The van der Waals surface area contributed by atoms with Crippen LogP contribution in [0.2, 0.25) is 0 Å². The van der Waals surface area contributed by atoms with Crippen LogP contribution >= 0.6 is 11.8 Å². The molecule has 0 radical (unpaired) electrons. The lowest BCUT2D eigenvalue weighted by Gasteiger charge is -2.08. The molecule has 0 aromatic carbocycles. The molecule has 1 N–H and O–H groups in total. The average Bonchev–Trinajstić information content (AvgIpc) is 1.89. The van der Waals surface area contributed by atoms with Crippen molar-refractivity contribution >= 4 is 11.8 Å². The van der Waals surface area contributed by atoms with E-state index in [0.29, 0.717) is 0 Å². The molecule has 0 aromatic heterocycles. The fourth-order valence-electron chi connectivity index (χ4n) is 0.893. The molecule has 0 amide bonds. The van der Waals surface area contributed by atoms with Crippen LogP contribution in [0.5, 0.6) is 0 Å². The summed E-state index contributed by atoms with van der Waals surface area (Å²) in [6, 6.07) is 0. The Morgan fingerprint density at radius 2 is 2.20 bits per heavy atom. The van der Waals surface area contributed by atoms with Crippen molar-refractivity contribution in [2.75, 3.05) is 25.1 Å². The molecule has 1 nitrogen and oxygen atoms in total. The van der Waals surface area contributed by atoms with E-state index in [1.807, 2.05) is 11.8 Å². The van der Waals surface area contributed by atoms with Crippen LogP contribution in [-0.2, 0) is 0 Å². The van der Waals surface area contributed by atoms with Crippen molar-refractivity contribution in [3.63, 3.8) is 0 Å². The summed E-state index contributed by atoms with van der Waals surface area (Å²) in [5.41, 5.74) is 0. The van der Waals surface area contributed by atoms with Gasteiger partial charge in [0.15, 0.2) is 0 Å². The molecule has 0 heterocycles. The summed E-state index contributed by atoms with van der Waals surface area (Å²) in [5.74, 6) is 2.17. The van der Waals surface area contributed by atoms with Crippen LogP contribution in [0.15, 0.2) is 0 Å². The third-order valence-electron chi connectivity index (χ3n) is 1.52. The molecule has 0 aliphatic rings. The Morgan fingerprint density at radius 3 is 2.70 bits per heavy atom. The van der Waals surface area contributed by atoms with Crippen molar-refractivity contribution in [3.8, 4) is 0 Å². The summed E-state index contributed by atoms with van der Waals surface area (Å²) in [6.07, 6.45) is 3.48. The van der Waals surface area contributed by atoms with Gasteiger partial charge in [0.2, 0.25) is 0 Å². The first-order chi connectivity index (χ1) is 4.81. The zero-order chi connectivity index (χ0) is 7.82. The second-order valence-electron chi connectivity index (χ2n) is 2.70. The third-order valence-corrected chi connectivity index (χ3v) is 2.42. The highest BCUT2D eigenvalue weighted by molar-refractivity contribution is 7.98. The Hall–Kier alpha value is 0.310. The Balaban J connectivity index is 2.97. The molecule has 0 aliphatic carbocycles. The SMILES string of the molecule is CCNCCC(C)CSC. The van der Waals surface area contributed by atoms with Gasteiger partial charge in [0.1, 0.15) is 0 Å². The summed E-state index contributed by atoms with van der Waals surface area (Å²) in [6.45, 7) is 6.75. The van der Waals surface area contributed by atoms with Gasteiger partial charge in [0.25, 0.3) is 0 Å². The average molecular weight is 161 g/mol. The van der Waals surface area contributed by atoms with E-state index in [2.05, 4.69) is 25.4 Å². The van der Waals surface area contributed by atoms with Crippen molar-refractivity contribution in [2.45, 2.75) is 20.3 Å². The minimum Gasteiger partial charge on any atom is -0.317 e. The molecule has 0 fully saturated rings. The predicted molar refractivity (Wildman–Crippen MR) is 50.7 cm³/mol. The molecule has 0 rings (SSSR count). The van der Waals surface area contributed by atoms with E-state index in [4.69, 9.17) is 0 Å². The van der Waals surface area contributed by atoms with Crippen molar-refractivity contribution in [3.05, 3.63) is 0 Å². The Bertz CT molecular complexity index is 66.3. The molecule has 1 unspecified atom stereocenters. The summed E-state index contributed by atoms with van der Waals surface area (Å²) in [5, 5.41) is 3.33. The molecule has 1 atom stereocenters. The van der Waals surface area contributed by atoms with Gasteiger partial charge in [0, 0.05) is 0 Å². The quantitative estimate of drug-likeness (QED) is 0.598. The van der Waals surface area contributed by atoms with Crippen molar-refractivity contribution in [1.82, 2.24) is 5.32 Å². The van der Waals surface area contributed by atoms with Crippen LogP contribution < -0.4 is 5.32 Å². The van der Waals surface area contributed by atoms with E-state index in [-0.39, 0.29) is 0 Å². The molecule has 0 aliphatic heterocycles. The number of thioether (sulfide) groups is 1. The van der Waals surface area contributed by atoms with Crippen LogP contribution in [0.3, 0.4) is 0 Å².